The van der Waals surface area contributed by atoms with Crippen LogP contribution in [0.15, 0.2) is 97.1 Å². The lowest BCUT2D eigenvalue weighted by Gasteiger charge is -2.41. The number of carbonyl (C=O) groups excluding carboxylic acids is 2. The fourth-order valence-corrected chi connectivity index (χ4v) is 9.86. The van der Waals surface area contributed by atoms with Crippen LogP contribution in [0.25, 0.3) is 0 Å². The second-order valence-corrected chi connectivity index (χ2v) is 16.3. The second kappa shape index (κ2) is 14.8. The summed E-state index contributed by atoms with van der Waals surface area (Å²) >= 11 is 0. The van der Waals surface area contributed by atoms with E-state index in [9.17, 15) is 14.7 Å². The number of anilines is 3. The van der Waals surface area contributed by atoms with Crippen molar-refractivity contribution in [1.82, 2.24) is 10.2 Å². The summed E-state index contributed by atoms with van der Waals surface area (Å²) in [5.74, 6) is 0.882. The number of ether oxygens (including phenoxy) is 1. The molecule has 0 saturated carbocycles. The maximum Gasteiger partial charge on any atom is 0.328 e. The van der Waals surface area contributed by atoms with E-state index in [1.54, 1.807) is 11.0 Å². The Hall–Kier alpha value is -4.86. The van der Waals surface area contributed by atoms with Crippen LogP contribution < -0.4 is 20.0 Å². The van der Waals surface area contributed by atoms with Crippen LogP contribution in [0.2, 0.25) is 0 Å². The predicted octanol–water partition coefficient (Wildman–Crippen LogP) is 7.45. The zero-order chi connectivity index (χ0) is 36.6. The van der Waals surface area contributed by atoms with Crippen molar-refractivity contribution in [3.63, 3.8) is 0 Å². The van der Waals surface area contributed by atoms with Gasteiger partial charge in [0, 0.05) is 75.2 Å². The number of likely N-dealkylation sites (tertiary alicyclic amines) is 1. The minimum atomic E-state index is -0.334. The Labute approximate surface area is 318 Å². The zero-order valence-electron chi connectivity index (χ0n) is 31.0. The lowest BCUT2D eigenvalue weighted by atomic mass is 9.77. The van der Waals surface area contributed by atoms with Crippen LogP contribution in [-0.4, -0.2) is 74.3 Å². The van der Waals surface area contributed by atoms with E-state index in [1.165, 1.54) is 79.8 Å². The van der Waals surface area contributed by atoms with Gasteiger partial charge in [0.1, 0.15) is 5.75 Å². The molecule has 4 aromatic rings. The number of imide groups is 1. The van der Waals surface area contributed by atoms with Crippen LogP contribution in [0.5, 0.6) is 5.75 Å². The molecule has 4 fully saturated rings. The third kappa shape index (κ3) is 7.07. The number of amides is 3. The quantitative estimate of drug-likeness (QED) is 0.205. The van der Waals surface area contributed by atoms with Gasteiger partial charge in [0.05, 0.1) is 12.7 Å². The molecule has 1 spiro atoms. The van der Waals surface area contributed by atoms with Crippen LogP contribution in [0.4, 0.5) is 21.9 Å². The monoisotopic (exact) mass is 725 g/mol. The largest absolute Gasteiger partial charge is 0.508 e. The SMILES string of the molecule is O=C1CCN(c2ccc(N3CCC4(CCN(CC5CCN(c6ccc([C@@H]7c8ccc(O)cc8CO[C@@H]7c7ccccc7)cc6)CC5)C4)CC3)cc2)C(=O)N1. The van der Waals surface area contributed by atoms with Crippen molar-refractivity contribution in [3.8, 4) is 5.75 Å². The third-order valence-electron chi connectivity index (χ3n) is 13.0. The number of hydrogen-bond donors (Lipinski definition) is 2. The molecule has 4 aromatic carbocycles. The molecule has 280 valence electrons. The normalized spacial score (nSPS) is 23.4. The lowest BCUT2D eigenvalue weighted by molar-refractivity contribution is -0.120. The average molecular weight is 726 g/mol. The molecule has 54 heavy (non-hydrogen) atoms. The molecular weight excluding hydrogens is 675 g/mol. The van der Waals surface area contributed by atoms with E-state index in [1.807, 2.05) is 24.3 Å². The number of nitrogens with zero attached hydrogens (tertiary/aromatic N) is 4. The summed E-state index contributed by atoms with van der Waals surface area (Å²) in [5.41, 5.74) is 8.48. The molecule has 5 aliphatic rings. The Balaban J connectivity index is 0.768. The minimum absolute atomic E-state index is 0.0595. The summed E-state index contributed by atoms with van der Waals surface area (Å²) in [6.45, 7) is 8.91. The Morgan fingerprint density at radius 1 is 0.722 bits per heavy atom. The molecular formula is C45H51N5O4. The molecule has 0 aromatic heterocycles. The lowest BCUT2D eigenvalue weighted by Crippen LogP contribution is -2.49. The van der Waals surface area contributed by atoms with Crippen molar-refractivity contribution in [2.24, 2.45) is 11.3 Å². The summed E-state index contributed by atoms with van der Waals surface area (Å²) in [6, 6.07) is 33.3. The summed E-state index contributed by atoms with van der Waals surface area (Å²) < 4.78 is 6.46. The molecule has 9 heteroatoms. The first-order valence-corrected chi connectivity index (χ1v) is 19.9. The predicted molar refractivity (Wildman–Crippen MR) is 212 cm³/mol. The first kappa shape index (κ1) is 34.9. The molecule has 4 saturated heterocycles. The van der Waals surface area contributed by atoms with Crippen LogP contribution in [0, 0.1) is 11.3 Å². The van der Waals surface area contributed by atoms with Gasteiger partial charge in [0.2, 0.25) is 5.91 Å². The van der Waals surface area contributed by atoms with E-state index < -0.39 is 0 Å². The van der Waals surface area contributed by atoms with Gasteiger partial charge in [-0.15, -0.1) is 0 Å². The molecule has 9 rings (SSSR count). The number of phenols is 1. The summed E-state index contributed by atoms with van der Waals surface area (Å²) in [5, 5.41) is 12.6. The Morgan fingerprint density at radius 3 is 2.11 bits per heavy atom. The Bertz CT molecular complexity index is 1950. The number of phenolic OH excluding ortho intramolecular Hbond substituents is 1. The first-order chi connectivity index (χ1) is 26.4. The number of urea groups is 1. The van der Waals surface area contributed by atoms with E-state index in [4.69, 9.17) is 4.74 Å². The number of piperidine rings is 2. The van der Waals surface area contributed by atoms with E-state index in [2.05, 4.69) is 86.7 Å². The number of nitrogens with one attached hydrogen (secondary N) is 1. The van der Waals surface area contributed by atoms with Gasteiger partial charge in [0.15, 0.2) is 0 Å². The van der Waals surface area contributed by atoms with E-state index in [0.29, 0.717) is 25.0 Å². The molecule has 0 unspecified atom stereocenters. The molecule has 5 heterocycles. The fourth-order valence-electron chi connectivity index (χ4n) is 9.86. The highest BCUT2D eigenvalue weighted by Crippen LogP contribution is 2.46. The Morgan fingerprint density at radius 2 is 1.39 bits per heavy atom. The van der Waals surface area contributed by atoms with E-state index in [-0.39, 0.29) is 29.7 Å². The van der Waals surface area contributed by atoms with Gasteiger partial charge in [-0.25, -0.2) is 4.79 Å². The maximum atomic E-state index is 12.3. The molecule has 2 N–H and O–H groups in total. The summed E-state index contributed by atoms with van der Waals surface area (Å²) in [4.78, 5) is 33.3. The number of carbonyl (C=O) groups is 2. The molecule has 0 bridgehead atoms. The van der Waals surface area contributed by atoms with E-state index >= 15 is 0 Å². The van der Waals surface area contributed by atoms with Gasteiger partial charge in [0.25, 0.3) is 0 Å². The second-order valence-electron chi connectivity index (χ2n) is 16.3. The number of benzene rings is 4. The highest BCUT2D eigenvalue weighted by molar-refractivity contribution is 6.05. The van der Waals surface area contributed by atoms with Crippen molar-refractivity contribution in [2.75, 3.05) is 67.1 Å². The first-order valence-electron chi connectivity index (χ1n) is 19.9. The molecule has 9 nitrogen and oxygen atoms in total. The zero-order valence-corrected chi connectivity index (χ0v) is 31.0. The number of hydrogen-bond acceptors (Lipinski definition) is 7. The van der Waals surface area contributed by atoms with Gasteiger partial charge in [-0.1, -0.05) is 48.5 Å². The number of rotatable bonds is 7. The molecule has 2 atom stereocenters. The summed E-state index contributed by atoms with van der Waals surface area (Å²) in [7, 11) is 0. The van der Waals surface area contributed by atoms with Gasteiger partial charge in [-0.2, -0.15) is 0 Å². The standard InChI is InChI=1S/C45H51N5O4/c51-39-14-15-40-35(28-39)30-54-43(34-4-2-1-3-5-34)42(40)33-6-8-36(9-7-33)48-22-16-32(17-23-48)29-47-25-19-45(31-47)20-26-49(27-21-45)37-10-12-38(13-11-37)50-24-18-41(52)46-44(50)53/h1-15,28,32,42-43,51H,16-27,29-31H2,(H,46,52,53)/t42-,43-/m1/s1. The molecule has 0 radical (unpaired) electrons. The van der Waals surface area contributed by atoms with Crippen molar-refractivity contribution < 1.29 is 19.4 Å². The average Bonchev–Trinajstić information content (AvgIpc) is 3.59. The van der Waals surface area contributed by atoms with Crippen LogP contribution in [0.3, 0.4) is 0 Å². The Kier molecular flexibility index (Phi) is 9.53. The highest BCUT2D eigenvalue weighted by Gasteiger charge is 2.41. The third-order valence-corrected chi connectivity index (χ3v) is 13.0. The summed E-state index contributed by atoms with van der Waals surface area (Å²) in [6.07, 6.45) is 6.47. The van der Waals surface area contributed by atoms with Gasteiger partial charge >= 0.3 is 6.03 Å². The topological polar surface area (TPSA) is 88.6 Å². The molecule has 5 aliphatic heterocycles. The molecule has 0 aliphatic carbocycles. The number of aromatic hydroxyl groups is 1. The van der Waals surface area contributed by atoms with Crippen molar-refractivity contribution in [3.05, 3.63) is 119 Å². The van der Waals surface area contributed by atoms with Crippen molar-refractivity contribution in [2.45, 2.75) is 57.2 Å². The van der Waals surface area contributed by atoms with E-state index in [0.717, 1.165) is 43.3 Å². The van der Waals surface area contributed by atoms with Gasteiger partial charge in [-0.05, 0) is 121 Å². The highest BCUT2D eigenvalue weighted by atomic mass is 16.5. The van der Waals surface area contributed by atoms with Crippen LogP contribution in [-0.2, 0) is 16.1 Å². The minimum Gasteiger partial charge on any atom is -0.508 e. The smallest absolute Gasteiger partial charge is 0.328 e. The van der Waals surface area contributed by atoms with Crippen molar-refractivity contribution >= 4 is 29.0 Å². The van der Waals surface area contributed by atoms with Crippen molar-refractivity contribution in [1.29, 1.82) is 0 Å². The number of fused-ring (bicyclic) bond motifs is 1. The van der Waals surface area contributed by atoms with Crippen LogP contribution >= 0.6 is 0 Å². The fraction of sp³-hybridized carbons (Fsp3) is 0.422. The van der Waals surface area contributed by atoms with Gasteiger partial charge < -0.3 is 24.5 Å². The maximum absolute atomic E-state index is 12.3. The molecule has 3 amide bonds. The van der Waals surface area contributed by atoms with Crippen LogP contribution in [0.1, 0.15) is 72.8 Å². The van der Waals surface area contributed by atoms with Gasteiger partial charge in [-0.3, -0.25) is 15.0 Å².